The lowest BCUT2D eigenvalue weighted by Crippen LogP contribution is -2.07. The number of aryl methyl sites for hydroxylation is 2. The van der Waals surface area contributed by atoms with E-state index in [0.717, 1.165) is 28.1 Å². The van der Waals surface area contributed by atoms with Crippen LogP contribution in [0.3, 0.4) is 0 Å². The fourth-order valence-corrected chi connectivity index (χ4v) is 3.55. The molecule has 0 bridgehead atoms. The highest BCUT2D eigenvalue weighted by Gasteiger charge is 2.19. The van der Waals surface area contributed by atoms with Crippen molar-refractivity contribution in [3.05, 3.63) is 41.5 Å². The molecule has 0 fully saturated rings. The van der Waals surface area contributed by atoms with E-state index in [1.54, 1.807) is 11.6 Å². The molecule has 0 spiro atoms. The van der Waals surface area contributed by atoms with Gasteiger partial charge in [-0.3, -0.25) is 5.32 Å². The Labute approximate surface area is 149 Å². The molecule has 0 unspecified atom stereocenters. The molecule has 0 atom stereocenters. The van der Waals surface area contributed by atoms with Crippen molar-refractivity contribution in [3.8, 4) is 17.0 Å². The topological polar surface area (TPSA) is 75.9 Å². The number of fused-ring (bicyclic) bond motifs is 1. The zero-order chi connectivity index (χ0) is 18.1. The molecule has 6 nitrogen and oxygen atoms in total. The Morgan fingerprint density at radius 1 is 1.32 bits per heavy atom. The molecule has 2 aromatic heterocycles. The van der Waals surface area contributed by atoms with E-state index in [4.69, 9.17) is 9.84 Å². The number of benzene rings is 1. The summed E-state index contributed by atoms with van der Waals surface area (Å²) in [5.41, 5.74) is 5.16. The van der Waals surface area contributed by atoms with E-state index >= 15 is 0 Å². The highest BCUT2D eigenvalue weighted by atomic mass is 32.2. The number of aromatic nitrogens is 2. The molecule has 3 aromatic rings. The van der Waals surface area contributed by atoms with Gasteiger partial charge < -0.3 is 9.84 Å². The quantitative estimate of drug-likeness (QED) is 0.675. The van der Waals surface area contributed by atoms with Crippen LogP contribution in [0.15, 0.2) is 35.4 Å². The molecule has 1 amide bonds. The number of nitrogens with one attached hydrogen (secondary N) is 1. The van der Waals surface area contributed by atoms with Crippen LogP contribution in [0.2, 0.25) is 0 Å². The largest absolute Gasteiger partial charge is 0.496 e. The van der Waals surface area contributed by atoms with Crippen LogP contribution >= 0.6 is 11.8 Å². The van der Waals surface area contributed by atoms with Gasteiger partial charge in [-0.1, -0.05) is 12.1 Å². The predicted molar refractivity (Wildman–Crippen MR) is 100 cm³/mol. The lowest BCUT2D eigenvalue weighted by atomic mass is 10.0. The number of methoxy groups -OCH3 is 1. The number of nitrogens with zero attached hydrogens (tertiary/aromatic N) is 2. The standard InChI is InChI=1S/C18H19N3O3S/c1-10-8-11(2)15(14(9-10)24-3)12-6-5-7-13-16(19-18(22)23)17(25-4)20-21(12)13/h5-9,19H,1-4H3,(H,22,23). The lowest BCUT2D eigenvalue weighted by molar-refractivity contribution is 0.209. The maximum atomic E-state index is 11.1. The molecule has 0 saturated heterocycles. The molecule has 130 valence electrons. The Morgan fingerprint density at radius 2 is 2.08 bits per heavy atom. The maximum absolute atomic E-state index is 11.1. The molecule has 0 radical (unpaired) electrons. The molecule has 2 heterocycles. The molecule has 0 aliphatic carbocycles. The lowest BCUT2D eigenvalue weighted by Gasteiger charge is -2.14. The molecular formula is C18H19N3O3S. The van der Waals surface area contributed by atoms with Gasteiger partial charge in [-0.25, -0.2) is 9.31 Å². The molecule has 3 rings (SSSR count). The van der Waals surface area contributed by atoms with Gasteiger partial charge in [-0.15, -0.1) is 11.8 Å². The van der Waals surface area contributed by atoms with Crippen molar-refractivity contribution < 1.29 is 14.6 Å². The highest BCUT2D eigenvalue weighted by Crippen LogP contribution is 2.37. The minimum Gasteiger partial charge on any atom is -0.496 e. The van der Waals surface area contributed by atoms with Gasteiger partial charge in [-0.05, 0) is 49.4 Å². The molecular weight excluding hydrogens is 338 g/mol. The summed E-state index contributed by atoms with van der Waals surface area (Å²) >= 11 is 1.39. The maximum Gasteiger partial charge on any atom is 0.409 e. The van der Waals surface area contributed by atoms with Crippen LogP contribution in [-0.4, -0.2) is 34.2 Å². The number of amides is 1. The summed E-state index contributed by atoms with van der Waals surface area (Å²) in [4.78, 5) is 11.1. The Morgan fingerprint density at radius 3 is 2.72 bits per heavy atom. The first-order valence-electron chi connectivity index (χ1n) is 7.67. The van der Waals surface area contributed by atoms with E-state index in [1.165, 1.54) is 11.8 Å². The molecule has 0 aliphatic heterocycles. The zero-order valence-electron chi connectivity index (χ0n) is 14.5. The van der Waals surface area contributed by atoms with E-state index < -0.39 is 6.09 Å². The van der Waals surface area contributed by atoms with Gasteiger partial charge >= 0.3 is 6.09 Å². The number of carboxylic acid groups (broad SMARTS) is 1. The number of anilines is 1. The van der Waals surface area contributed by atoms with Crippen molar-refractivity contribution in [3.63, 3.8) is 0 Å². The number of pyridine rings is 1. The van der Waals surface area contributed by atoms with E-state index in [2.05, 4.69) is 16.5 Å². The molecule has 25 heavy (non-hydrogen) atoms. The van der Waals surface area contributed by atoms with Crippen molar-refractivity contribution in [2.24, 2.45) is 0 Å². The van der Waals surface area contributed by atoms with Gasteiger partial charge in [0, 0.05) is 5.56 Å². The van der Waals surface area contributed by atoms with Gasteiger partial charge in [0.05, 0.1) is 18.3 Å². The molecule has 0 saturated carbocycles. The second-order valence-electron chi connectivity index (χ2n) is 5.68. The number of carbonyl (C=O) groups is 1. The minimum atomic E-state index is -1.11. The normalized spacial score (nSPS) is 10.9. The van der Waals surface area contributed by atoms with Crippen LogP contribution in [0.25, 0.3) is 16.8 Å². The first kappa shape index (κ1) is 17.2. The third-order valence-electron chi connectivity index (χ3n) is 3.97. The van der Waals surface area contributed by atoms with Crippen LogP contribution in [0.5, 0.6) is 5.75 Å². The molecule has 2 N–H and O–H groups in total. The fourth-order valence-electron chi connectivity index (χ4n) is 3.02. The van der Waals surface area contributed by atoms with Gasteiger partial charge in [0.1, 0.15) is 16.5 Å². The second-order valence-corrected chi connectivity index (χ2v) is 6.48. The number of ether oxygens (including phenoxy) is 1. The van der Waals surface area contributed by atoms with Crippen molar-refractivity contribution in [1.82, 2.24) is 9.61 Å². The Kier molecular flexibility index (Phi) is 4.59. The summed E-state index contributed by atoms with van der Waals surface area (Å²) in [6, 6.07) is 9.76. The average Bonchev–Trinajstić information content (AvgIpc) is 2.91. The van der Waals surface area contributed by atoms with E-state index in [1.807, 2.05) is 44.4 Å². The number of thioether (sulfide) groups is 1. The van der Waals surface area contributed by atoms with Gasteiger partial charge in [0.15, 0.2) is 0 Å². The SMILES string of the molecule is COc1cc(C)cc(C)c1-c1cccc2c(NC(=O)O)c(SC)nn12. The number of hydrogen-bond donors (Lipinski definition) is 2. The van der Waals surface area contributed by atoms with E-state index in [-0.39, 0.29) is 0 Å². The van der Waals surface area contributed by atoms with Crippen LogP contribution in [0.1, 0.15) is 11.1 Å². The Hall–Kier alpha value is -2.67. The smallest absolute Gasteiger partial charge is 0.409 e. The van der Waals surface area contributed by atoms with Crippen molar-refractivity contribution in [2.75, 3.05) is 18.7 Å². The van der Waals surface area contributed by atoms with E-state index in [0.29, 0.717) is 16.2 Å². The predicted octanol–water partition coefficient (Wildman–Crippen LogP) is 4.44. The van der Waals surface area contributed by atoms with Gasteiger partial charge in [0.2, 0.25) is 0 Å². The van der Waals surface area contributed by atoms with Gasteiger partial charge in [-0.2, -0.15) is 5.10 Å². The van der Waals surface area contributed by atoms with E-state index in [9.17, 15) is 4.79 Å². The Balaban J connectivity index is 2.33. The summed E-state index contributed by atoms with van der Waals surface area (Å²) in [6.07, 6.45) is 0.756. The number of hydrogen-bond acceptors (Lipinski definition) is 4. The first-order chi connectivity index (χ1) is 12.0. The second kappa shape index (κ2) is 6.68. The third kappa shape index (κ3) is 3.02. The number of rotatable bonds is 4. The molecule has 7 heteroatoms. The van der Waals surface area contributed by atoms with Crippen LogP contribution in [0, 0.1) is 13.8 Å². The summed E-state index contributed by atoms with van der Waals surface area (Å²) in [7, 11) is 1.64. The summed E-state index contributed by atoms with van der Waals surface area (Å²) in [5, 5.41) is 16.8. The highest BCUT2D eigenvalue weighted by molar-refractivity contribution is 7.98. The zero-order valence-corrected chi connectivity index (χ0v) is 15.3. The first-order valence-corrected chi connectivity index (χ1v) is 8.90. The summed E-state index contributed by atoms with van der Waals surface area (Å²) in [6.45, 7) is 4.05. The minimum absolute atomic E-state index is 0.491. The van der Waals surface area contributed by atoms with Crippen molar-refractivity contribution in [1.29, 1.82) is 0 Å². The molecule has 1 aromatic carbocycles. The van der Waals surface area contributed by atoms with Crippen molar-refractivity contribution >= 4 is 29.1 Å². The Bertz CT molecular complexity index is 966. The third-order valence-corrected chi connectivity index (χ3v) is 4.64. The monoisotopic (exact) mass is 357 g/mol. The van der Waals surface area contributed by atoms with Crippen LogP contribution in [0.4, 0.5) is 10.5 Å². The van der Waals surface area contributed by atoms with Crippen LogP contribution < -0.4 is 10.1 Å². The van der Waals surface area contributed by atoms with Crippen molar-refractivity contribution in [2.45, 2.75) is 18.9 Å². The van der Waals surface area contributed by atoms with Crippen LogP contribution in [-0.2, 0) is 0 Å². The molecule has 0 aliphatic rings. The summed E-state index contributed by atoms with van der Waals surface area (Å²) in [5.74, 6) is 0.763. The average molecular weight is 357 g/mol. The summed E-state index contributed by atoms with van der Waals surface area (Å²) < 4.78 is 7.34. The fraction of sp³-hybridized carbons (Fsp3) is 0.222. The van der Waals surface area contributed by atoms with Gasteiger partial charge in [0.25, 0.3) is 0 Å².